The van der Waals surface area contributed by atoms with Crippen LogP contribution >= 0.6 is 0 Å². The van der Waals surface area contributed by atoms with Gasteiger partial charge in [-0.15, -0.1) is 0 Å². The molecule has 1 amide bonds. The molecule has 0 atom stereocenters. The molecule has 7 nitrogen and oxygen atoms in total. The maximum Gasteiger partial charge on any atom is 0.310 e. The van der Waals surface area contributed by atoms with Gasteiger partial charge >= 0.3 is 5.69 Å². The lowest BCUT2D eigenvalue weighted by Crippen LogP contribution is -2.37. The Morgan fingerprint density at radius 2 is 1.77 bits per heavy atom. The molecule has 0 radical (unpaired) electrons. The minimum atomic E-state index is -0.502. The predicted molar refractivity (Wildman–Crippen MR) is 99.0 cm³/mol. The number of hydrogen-bond acceptors (Lipinski definition) is 5. The van der Waals surface area contributed by atoms with E-state index in [2.05, 4.69) is 0 Å². The van der Waals surface area contributed by atoms with E-state index in [0.29, 0.717) is 19.6 Å². The predicted octanol–water partition coefficient (Wildman–Crippen LogP) is 2.39. The lowest BCUT2D eigenvalue weighted by molar-refractivity contribution is -0.385. The third-order valence-electron chi connectivity index (χ3n) is 3.90. The molecule has 2 aromatic rings. The molecule has 0 aromatic heterocycles. The molecular weight excluding hydrogens is 334 g/mol. The number of benzene rings is 2. The molecule has 0 fully saturated rings. The van der Waals surface area contributed by atoms with Crippen molar-refractivity contribution in [3.8, 4) is 5.75 Å². The van der Waals surface area contributed by atoms with Crippen LogP contribution in [0.3, 0.4) is 0 Å². The number of nitro groups is 1. The molecule has 0 unspecified atom stereocenters. The number of ether oxygens (including phenoxy) is 1. The molecule has 0 bridgehead atoms. The van der Waals surface area contributed by atoms with Gasteiger partial charge in [-0.25, -0.2) is 0 Å². The van der Waals surface area contributed by atoms with Gasteiger partial charge in [0.05, 0.1) is 18.0 Å². The number of nitrogens with two attached hydrogens (primary N) is 1. The minimum absolute atomic E-state index is 0.0787. The van der Waals surface area contributed by atoms with Gasteiger partial charge in [0.25, 0.3) is 0 Å². The monoisotopic (exact) mass is 357 g/mol. The van der Waals surface area contributed by atoms with Gasteiger partial charge in [-0.1, -0.05) is 42.5 Å². The number of amides is 1. The molecule has 0 aliphatic rings. The third-order valence-corrected chi connectivity index (χ3v) is 3.90. The Balaban J connectivity index is 1.86. The first kappa shape index (κ1) is 19.4. The second-order valence-corrected chi connectivity index (χ2v) is 5.73. The van der Waals surface area contributed by atoms with E-state index >= 15 is 0 Å². The van der Waals surface area contributed by atoms with E-state index in [9.17, 15) is 14.9 Å². The highest BCUT2D eigenvalue weighted by molar-refractivity contribution is 5.76. The highest BCUT2D eigenvalue weighted by Crippen LogP contribution is 2.25. The Labute approximate surface area is 152 Å². The van der Waals surface area contributed by atoms with Gasteiger partial charge in [-0.2, -0.15) is 0 Å². The summed E-state index contributed by atoms with van der Waals surface area (Å²) < 4.78 is 5.44. The van der Waals surface area contributed by atoms with Crippen LogP contribution in [0.2, 0.25) is 0 Å². The zero-order chi connectivity index (χ0) is 18.8. The Morgan fingerprint density at radius 3 is 2.46 bits per heavy atom. The summed E-state index contributed by atoms with van der Waals surface area (Å²) in [6, 6.07) is 16.0. The molecule has 0 saturated heterocycles. The number of nitrogens with zero attached hydrogens (tertiary/aromatic N) is 2. The Bertz CT molecular complexity index is 722. The van der Waals surface area contributed by atoms with Crippen molar-refractivity contribution in [2.45, 2.75) is 12.8 Å². The average molecular weight is 357 g/mol. The Morgan fingerprint density at radius 1 is 1.08 bits per heavy atom. The summed E-state index contributed by atoms with van der Waals surface area (Å²) in [7, 11) is 0. The first-order valence-corrected chi connectivity index (χ1v) is 8.50. The van der Waals surface area contributed by atoms with E-state index in [1.165, 1.54) is 12.1 Å². The molecule has 0 saturated carbocycles. The van der Waals surface area contributed by atoms with Crippen LogP contribution in [-0.2, 0) is 11.2 Å². The minimum Gasteiger partial charge on any atom is -0.486 e. The molecule has 0 aliphatic heterocycles. The van der Waals surface area contributed by atoms with Gasteiger partial charge in [-0.05, 0) is 18.1 Å². The summed E-state index contributed by atoms with van der Waals surface area (Å²) in [5.74, 6) is 0.0879. The molecule has 0 heterocycles. The number of hydrogen-bond donors (Lipinski definition) is 1. The van der Waals surface area contributed by atoms with Gasteiger partial charge in [0.15, 0.2) is 5.75 Å². The van der Waals surface area contributed by atoms with Crippen molar-refractivity contribution in [1.82, 2.24) is 4.90 Å². The second-order valence-electron chi connectivity index (χ2n) is 5.73. The highest BCUT2D eigenvalue weighted by atomic mass is 16.6. The van der Waals surface area contributed by atoms with Crippen LogP contribution in [0, 0.1) is 10.1 Å². The van der Waals surface area contributed by atoms with E-state index in [1.807, 2.05) is 30.3 Å². The number of carbonyl (C=O) groups is 1. The van der Waals surface area contributed by atoms with E-state index in [-0.39, 0.29) is 30.4 Å². The highest BCUT2D eigenvalue weighted by Gasteiger charge is 2.16. The number of carbonyl (C=O) groups excluding carboxylic acids is 1. The van der Waals surface area contributed by atoms with E-state index in [0.717, 1.165) is 12.0 Å². The summed E-state index contributed by atoms with van der Waals surface area (Å²) in [5, 5.41) is 11.0. The molecule has 26 heavy (non-hydrogen) atoms. The fraction of sp³-hybridized carbons (Fsp3) is 0.316. The fourth-order valence-electron chi connectivity index (χ4n) is 2.56. The lowest BCUT2D eigenvalue weighted by Gasteiger charge is -2.22. The smallest absolute Gasteiger partial charge is 0.310 e. The maximum absolute atomic E-state index is 12.4. The summed E-state index contributed by atoms with van der Waals surface area (Å²) in [6.45, 7) is 1.50. The van der Waals surface area contributed by atoms with Crippen molar-refractivity contribution in [2.75, 3.05) is 26.2 Å². The largest absolute Gasteiger partial charge is 0.486 e. The van der Waals surface area contributed by atoms with Crippen LogP contribution in [0.5, 0.6) is 5.75 Å². The zero-order valence-electron chi connectivity index (χ0n) is 14.5. The van der Waals surface area contributed by atoms with Gasteiger partial charge in [0.1, 0.15) is 0 Å². The molecule has 2 aromatic carbocycles. The van der Waals surface area contributed by atoms with Crippen molar-refractivity contribution < 1.29 is 14.5 Å². The van der Waals surface area contributed by atoms with Gasteiger partial charge in [0.2, 0.25) is 5.91 Å². The van der Waals surface area contributed by atoms with Gasteiger partial charge in [-0.3, -0.25) is 14.9 Å². The number of nitro benzene ring substituents is 1. The normalized spacial score (nSPS) is 10.3. The van der Waals surface area contributed by atoms with Gasteiger partial charge in [0, 0.05) is 25.7 Å². The van der Waals surface area contributed by atoms with E-state index < -0.39 is 4.92 Å². The topological polar surface area (TPSA) is 98.7 Å². The third kappa shape index (κ3) is 5.86. The fourth-order valence-corrected chi connectivity index (χ4v) is 2.56. The summed E-state index contributed by atoms with van der Waals surface area (Å²) in [5.41, 5.74) is 6.65. The molecule has 0 aliphatic carbocycles. The maximum atomic E-state index is 12.4. The van der Waals surface area contributed by atoms with Crippen LogP contribution < -0.4 is 10.5 Å². The van der Waals surface area contributed by atoms with Crippen molar-refractivity contribution in [3.63, 3.8) is 0 Å². The lowest BCUT2D eigenvalue weighted by atomic mass is 10.1. The number of rotatable bonds is 10. The SMILES string of the molecule is NCCN(CCc1ccccc1)C(=O)CCOc1ccccc1[N+](=O)[O-]. The van der Waals surface area contributed by atoms with E-state index in [4.69, 9.17) is 10.5 Å². The summed E-state index contributed by atoms with van der Waals surface area (Å²) >= 11 is 0. The molecule has 0 spiro atoms. The first-order chi connectivity index (χ1) is 12.6. The van der Waals surface area contributed by atoms with E-state index in [1.54, 1.807) is 17.0 Å². The van der Waals surface area contributed by atoms with Crippen molar-refractivity contribution in [2.24, 2.45) is 5.73 Å². The Kier molecular flexibility index (Phi) is 7.57. The Hall–Kier alpha value is -2.93. The summed E-state index contributed by atoms with van der Waals surface area (Å²) in [6.07, 6.45) is 0.887. The van der Waals surface area contributed by atoms with Crippen molar-refractivity contribution >= 4 is 11.6 Å². The molecule has 138 valence electrons. The van der Waals surface area contributed by atoms with Crippen LogP contribution in [0.25, 0.3) is 0 Å². The van der Waals surface area contributed by atoms with Crippen LogP contribution in [-0.4, -0.2) is 42.0 Å². The zero-order valence-corrected chi connectivity index (χ0v) is 14.5. The van der Waals surface area contributed by atoms with Crippen molar-refractivity contribution in [1.29, 1.82) is 0 Å². The summed E-state index contributed by atoms with van der Waals surface area (Å²) in [4.78, 5) is 24.6. The van der Waals surface area contributed by atoms with Crippen molar-refractivity contribution in [3.05, 3.63) is 70.3 Å². The molecule has 2 N–H and O–H groups in total. The molecule has 2 rings (SSSR count). The van der Waals surface area contributed by atoms with Crippen LogP contribution in [0.1, 0.15) is 12.0 Å². The van der Waals surface area contributed by atoms with Crippen LogP contribution in [0.4, 0.5) is 5.69 Å². The standard InChI is InChI=1S/C19H23N3O4/c20-12-14-21(13-10-16-6-2-1-3-7-16)19(23)11-15-26-18-9-5-4-8-17(18)22(24)25/h1-9H,10-15,20H2. The second kappa shape index (κ2) is 10.1. The first-order valence-electron chi connectivity index (χ1n) is 8.50. The van der Waals surface area contributed by atoms with Gasteiger partial charge < -0.3 is 15.4 Å². The molecular formula is C19H23N3O4. The van der Waals surface area contributed by atoms with Crippen LogP contribution in [0.15, 0.2) is 54.6 Å². The number of para-hydroxylation sites is 2. The quantitative estimate of drug-likeness (QED) is 0.520. The molecule has 7 heteroatoms. The average Bonchev–Trinajstić information content (AvgIpc) is 2.66.